The fourth-order valence-corrected chi connectivity index (χ4v) is 2.97. The summed E-state index contributed by atoms with van der Waals surface area (Å²) in [5.74, 6) is -0.623. The van der Waals surface area contributed by atoms with Gasteiger partial charge in [0.15, 0.2) is 9.84 Å². The monoisotopic (exact) mass is 376 g/mol. The number of non-ortho nitro benzene ring substituents is 1. The number of sulfone groups is 1. The van der Waals surface area contributed by atoms with Crippen LogP contribution in [0.4, 0.5) is 11.4 Å². The number of benzene rings is 2. The van der Waals surface area contributed by atoms with Gasteiger partial charge in [0.25, 0.3) is 11.6 Å². The number of nitro benzene ring substituents is 1. The molecule has 138 valence electrons. The molecule has 0 saturated carbocycles. The molecule has 2 rings (SSSR count). The highest BCUT2D eigenvalue weighted by molar-refractivity contribution is 7.90. The largest absolute Gasteiger partial charge is 0.322 e. The van der Waals surface area contributed by atoms with E-state index in [-0.39, 0.29) is 15.9 Å². The van der Waals surface area contributed by atoms with Crippen LogP contribution >= 0.6 is 0 Å². The van der Waals surface area contributed by atoms with Gasteiger partial charge in [-0.25, -0.2) is 8.42 Å². The second-order valence-electron chi connectivity index (χ2n) is 7.03. The highest BCUT2D eigenvalue weighted by atomic mass is 32.2. The quantitative estimate of drug-likeness (QED) is 0.649. The van der Waals surface area contributed by atoms with Gasteiger partial charge in [-0.15, -0.1) is 0 Å². The zero-order valence-corrected chi connectivity index (χ0v) is 15.8. The molecule has 7 nitrogen and oxygen atoms in total. The smallest absolute Gasteiger partial charge is 0.271 e. The molecular weight excluding hydrogens is 356 g/mol. The van der Waals surface area contributed by atoms with Crippen LogP contribution in [-0.4, -0.2) is 25.5 Å². The number of amides is 1. The van der Waals surface area contributed by atoms with Crippen LogP contribution in [0.15, 0.2) is 47.4 Å². The first kappa shape index (κ1) is 19.6. The van der Waals surface area contributed by atoms with Crippen LogP contribution < -0.4 is 5.32 Å². The standard InChI is InChI=1S/C18H20N2O5S/c1-18(2,3)13-5-7-14(8-6-13)19-17(21)12-9-15(20(22)23)11-16(10-12)26(4,24)25/h5-11H,1-4H3,(H,19,21). The van der Waals surface area contributed by atoms with Crippen molar-refractivity contribution in [3.8, 4) is 0 Å². The summed E-state index contributed by atoms with van der Waals surface area (Å²) < 4.78 is 23.4. The van der Waals surface area contributed by atoms with E-state index in [0.717, 1.165) is 30.0 Å². The van der Waals surface area contributed by atoms with Gasteiger partial charge in [0, 0.05) is 29.6 Å². The van der Waals surface area contributed by atoms with E-state index in [2.05, 4.69) is 26.1 Å². The van der Waals surface area contributed by atoms with Crippen LogP contribution in [0.3, 0.4) is 0 Å². The third-order valence-electron chi connectivity index (χ3n) is 3.80. The Morgan fingerprint density at radius 1 is 1.08 bits per heavy atom. The second-order valence-corrected chi connectivity index (χ2v) is 9.04. The third-order valence-corrected chi connectivity index (χ3v) is 4.89. The van der Waals surface area contributed by atoms with Gasteiger partial charge >= 0.3 is 0 Å². The van der Waals surface area contributed by atoms with Crippen molar-refractivity contribution in [3.63, 3.8) is 0 Å². The number of anilines is 1. The molecule has 0 aromatic heterocycles. The SMILES string of the molecule is CC(C)(C)c1ccc(NC(=O)c2cc([N+](=O)[O-])cc(S(C)(=O)=O)c2)cc1. The number of nitrogens with one attached hydrogen (secondary N) is 1. The lowest BCUT2D eigenvalue weighted by Gasteiger charge is -2.19. The number of carbonyl (C=O) groups excluding carboxylic acids is 1. The molecule has 26 heavy (non-hydrogen) atoms. The zero-order valence-electron chi connectivity index (χ0n) is 14.9. The average molecular weight is 376 g/mol. The summed E-state index contributed by atoms with van der Waals surface area (Å²) in [4.78, 5) is 22.4. The average Bonchev–Trinajstić information content (AvgIpc) is 2.53. The first-order valence-corrected chi connectivity index (χ1v) is 9.68. The number of carbonyl (C=O) groups is 1. The predicted octanol–water partition coefficient (Wildman–Crippen LogP) is 3.55. The van der Waals surface area contributed by atoms with Gasteiger partial charge in [-0.1, -0.05) is 32.9 Å². The lowest BCUT2D eigenvalue weighted by Crippen LogP contribution is -2.14. The molecule has 0 aliphatic carbocycles. The minimum Gasteiger partial charge on any atom is -0.322 e. The lowest BCUT2D eigenvalue weighted by atomic mass is 9.87. The zero-order chi connectivity index (χ0) is 19.7. The highest BCUT2D eigenvalue weighted by Gasteiger charge is 2.19. The van der Waals surface area contributed by atoms with E-state index >= 15 is 0 Å². The Balaban J connectivity index is 2.34. The fourth-order valence-electron chi connectivity index (χ4n) is 2.29. The van der Waals surface area contributed by atoms with Gasteiger partial charge < -0.3 is 5.32 Å². The van der Waals surface area contributed by atoms with Gasteiger partial charge in [-0.05, 0) is 29.2 Å². The summed E-state index contributed by atoms with van der Waals surface area (Å²) in [5, 5.41) is 13.6. The summed E-state index contributed by atoms with van der Waals surface area (Å²) in [7, 11) is -3.69. The molecule has 0 fully saturated rings. The topological polar surface area (TPSA) is 106 Å². The molecule has 8 heteroatoms. The summed E-state index contributed by atoms with van der Waals surface area (Å²) >= 11 is 0. The highest BCUT2D eigenvalue weighted by Crippen LogP contribution is 2.25. The Bertz CT molecular complexity index is 958. The molecule has 0 heterocycles. The summed E-state index contributed by atoms with van der Waals surface area (Å²) in [5.41, 5.74) is 1.01. The maximum absolute atomic E-state index is 12.4. The van der Waals surface area contributed by atoms with Crippen LogP contribution in [0.2, 0.25) is 0 Å². The van der Waals surface area contributed by atoms with Gasteiger partial charge in [-0.2, -0.15) is 0 Å². The number of nitro groups is 1. The van der Waals surface area contributed by atoms with E-state index in [1.807, 2.05) is 12.1 Å². The Labute approximate surface area is 152 Å². The Kier molecular flexibility index (Phi) is 5.18. The van der Waals surface area contributed by atoms with Crippen LogP contribution in [0, 0.1) is 10.1 Å². The van der Waals surface area contributed by atoms with E-state index in [1.54, 1.807) is 12.1 Å². The minimum absolute atomic E-state index is 0.0348. The summed E-state index contributed by atoms with van der Waals surface area (Å²) in [6.07, 6.45) is 0.930. The normalized spacial score (nSPS) is 11.8. The third kappa shape index (κ3) is 4.66. The van der Waals surface area contributed by atoms with Crippen LogP contribution in [0.25, 0.3) is 0 Å². The molecule has 1 amide bonds. The number of rotatable bonds is 4. The van der Waals surface area contributed by atoms with Crippen molar-refractivity contribution in [1.29, 1.82) is 0 Å². The maximum Gasteiger partial charge on any atom is 0.271 e. The molecule has 0 aliphatic heterocycles. The summed E-state index contributed by atoms with van der Waals surface area (Å²) in [6, 6.07) is 10.3. The molecule has 0 radical (unpaired) electrons. The lowest BCUT2D eigenvalue weighted by molar-refractivity contribution is -0.385. The number of nitrogens with zero attached hydrogens (tertiary/aromatic N) is 1. The molecular formula is C18H20N2O5S. The van der Waals surface area contributed by atoms with E-state index < -0.39 is 26.4 Å². The van der Waals surface area contributed by atoms with Crippen molar-refractivity contribution >= 4 is 27.1 Å². The molecule has 0 spiro atoms. The van der Waals surface area contributed by atoms with Crippen LogP contribution in [0.5, 0.6) is 0 Å². The molecule has 0 saturated heterocycles. The second kappa shape index (κ2) is 6.87. The van der Waals surface area contributed by atoms with Gasteiger partial charge in [0.2, 0.25) is 0 Å². The van der Waals surface area contributed by atoms with Crippen LogP contribution in [-0.2, 0) is 15.3 Å². The van der Waals surface area contributed by atoms with E-state index in [1.165, 1.54) is 0 Å². The predicted molar refractivity (Wildman–Crippen MR) is 99.3 cm³/mol. The molecule has 0 unspecified atom stereocenters. The Morgan fingerprint density at radius 2 is 1.65 bits per heavy atom. The summed E-state index contributed by atoms with van der Waals surface area (Å²) in [6.45, 7) is 6.20. The molecule has 2 aromatic carbocycles. The van der Waals surface area contributed by atoms with Crippen LogP contribution in [0.1, 0.15) is 36.7 Å². The Hall–Kier alpha value is -2.74. The first-order valence-electron chi connectivity index (χ1n) is 7.79. The van der Waals surface area contributed by atoms with E-state index in [4.69, 9.17) is 0 Å². The maximum atomic E-state index is 12.4. The molecule has 0 bridgehead atoms. The van der Waals surface area contributed by atoms with Gasteiger partial charge in [0.1, 0.15) is 0 Å². The number of hydrogen-bond donors (Lipinski definition) is 1. The number of hydrogen-bond acceptors (Lipinski definition) is 5. The van der Waals surface area contributed by atoms with Crippen molar-refractivity contribution in [1.82, 2.24) is 0 Å². The molecule has 0 aliphatic rings. The first-order chi connectivity index (χ1) is 11.9. The molecule has 1 N–H and O–H groups in total. The van der Waals surface area contributed by atoms with E-state index in [0.29, 0.717) is 5.69 Å². The molecule has 2 aromatic rings. The molecule has 0 atom stereocenters. The minimum atomic E-state index is -3.69. The van der Waals surface area contributed by atoms with Gasteiger partial charge in [0.05, 0.1) is 9.82 Å². The van der Waals surface area contributed by atoms with Gasteiger partial charge in [-0.3, -0.25) is 14.9 Å². The fraction of sp³-hybridized carbons (Fsp3) is 0.278. The Morgan fingerprint density at radius 3 is 2.12 bits per heavy atom. The van der Waals surface area contributed by atoms with Crippen molar-refractivity contribution in [2.24, 2.45) is 0 Å². The van der Waals surface area contributed by atoms with Crippen molar-refractivity contribution in [2.45, 2.75) is 31.1 Å². The van der Waals surface area contributed by atoms with Crippen molar-refractivity contribution < 1.29 is 18.1 Å². The van der Waals surface area contributed by atoms with E-state index in [9.17, 15) is 23.3 Å². The van der Waals surface area contributed by atoms with Crippen molar-refractivity contribution in [3.05, 3.63) is 63.7 Å². The van der Waals surface area contributed by atoms with Crippen molar-refractivity contribution in [2.75, 3.05) is 11.6 Å².